The Morgan fingerprint density at radius 3 is 2.53 bits per heavy atom. The number of carboxylic acid groups (broad SMARTS) is 2. The fraction of sp³-hybridized carbons (Fsp3) is 0.368. The molecule has 0 bridgehead atoms. The van der Waals surface area contributed by atoms with Crippen molar-refractivity contribution in [3.05, 3.63) is 44.0 Å². The number of nitro benzene ring substituents is 1. The van der Waals surface area contributed by atoms with Gasteiger partial charge in [0.2, 0.25) is 5.43 Å². The molecule has 1 heterocycles. The Labute approximate surface area is 178 Å². The van der Waals surface area contributed by atoms with E-state index in [1.165, 1.54) is 4.57 Å². The van der Waals surface area contributed by atoms with E-state index in [9.17, 15) is 38.8 Å². The lowest BCUT2D eigenvalue weighted by molar-refractivity contribution is -0.382. The predicted octanol–water partition coefficient (Wildman–Crippen LogP) is 1.90. The van der Waals surface area contributed by atoms with Crippen LogP contribution in [0, 0.1) is 15.9 Å². The Balaban J connectivity index is 2.29. The number of nitrogens with zero attached hydrogens (tertiary/aromatic N) is 2. The van der Waals surface area contributed by atoms with Gasteiger partial charge in [-0.15, -0.1) is 0 Å². The SMILES string of the molecule is COC(=O)c1cn(C2CC2)c2c([N+](=O)[O-])c(NC(CCC(=O)O)C(=O)O)c(F)cc2c1=O. The predicted molar refractivity (Wildman–Crippen MR) is 106 cm³/mol. The third-order valence-electron chi connectivity index (χ3n) is 5.03. The van der Waals surface area contributed by atoms with Crippen LogP contribution in [-0.4, -0.2) is 50.8 Å². The standard InChI is InChI=1S/C19H18FN3O9/c1-32-19(29)10-7-22(8-2-3-8)15-9(17(10)26)6-11(20)14(16(15)23(30)31)21-12(18(27)28)4-5-13(24)25/h6-8,12,21H,2-5H2,1H3,(H,24,25)(H,27,28). The minimum Gasteiger partial charge on any atom is -0.481 e. The van der Waals surface area contributed by atoms with E-state index in [1.54, 1.807) is 0 Å². The summed E-state index contributed by atoms with van der Waals surface area (Å²) in [4.78, 5) is 58.1. The summed E-state index contributed by atoms with van der Waals surface area (Å²) in [6.45, 7) is 0. The molecule has 3 rings (SSSR count). The van der Waals surface area contributed by atoms with Crippen LogP contribution in [0.15, 0.2) is 17.1 Å². The number of nitrogens with one attached hydrogen (secondary N) is 1. The molecule has 0 amide bonds. The number of ether oxygens (including phenoxy) is 1. The van der Waals surface area contributed by atoms with Crippen molar-refractivity contribution in [2.45, 2.75) is 37.8 Å². The third-order valence-corrected chi connectivity index (χ3v) is 5.03. The fourth-order valence-corrected chi connectivity index (χ4v) is 3.38. The molecule has 0 radical (unpaired) electrons. The van der Waals surface area contributed by atoms with E-state index in [4.69, 9.17) is 5.11 Å². The molecule has 3 N–H and O–H groups in total. The molecule has 0 saturated heterocycles. The van der Waals surface area contributed by atoms with Crippen molar-refractivity contribution in [2.24, 2.45) is 0 Å². The highest BCUT2D eigenvalue weighted by molar-refractivity contribution is 5.99. The zero-order valence-corrected chi connectivity index (χ0v) is 16.7. The quantitative estimate of drug-likeness (QED) is 0.290. The number of benzene rings is 1. The molecule has 1 aromatic carbocycles. The Kier molecular flexibility index (Phi) is 6.09. The van der Waals surface area contributed by atoms with Gasteiger partial charge in [0.25, 0.3) is 0 Å². The van der Waals surface area contributed by atoms with Gasteiger partial charge in [0.15, 0.2) is 11.5 Å². The summed E-state index contributed by atoms with van der Waals surface area (Å²) in [6.07, 6.45) is 1.23. The lowest BCUT2D eigenvalue weighted by Gasteiger charge is -2.18. The molecule has 1 aliphatic carbocycles. The van der Waals surface area contributed by atoms with E-state index >= 15 is 0 Å². The summed E-state index contributed by atoms with van der Waals surface area (Å²) < 4.78 is 20.9. The average Bonchev–Trinajstić information content (AvgIpc) is 3.55. The van der Waals surface area contributed by atoms with Crippen molar-refractivity contribution in [3.8, 4) is 0 Å². The van der Waals surface area contributed by atoms with Gasteiger partial charge in [-0.1, -0.05) is 0 Å². The number of carbonyl (C=O) groups is 3. The maximum absolute atomic E-state index is 15.0. The number of rotatable bonds is 9. The van der Waals surface area contributed by atoms with Crippen LogP contribution in [0.3, 0.4) is 0 Å². The normalized spacial score (nSPS) is 14.1. The maximum atomic E-state index is 15.0. The molecule has 13 heteroatoms. The highest BCUT2D eigenvalue weighted by atomic mass is 19.1. The monoisotopic (exact) mass is 451 g/mol. The van der Waals surface area contributed by atoms with E-state index < -0.39 is 75.3 Å². The van der Waals surface area contributed by atoms with Crippen molar-refractivity contribution in [1.82, 2.24) is 4.57 Å². The number of pyridine rings is 1. The van der Waals surface area contributed by atoms with Gasteiger partial charge in [0.05, 0.1) is 17.4 Å². The summed E-state index contributed by atoms with van der Waals surface area (Å²) in [6, 6.07) is -1.25. The molecular weight excluding hydrogens is 433 g/mol. The first-order valence-electron chi connectivity index (χ1n) is 9.42. The highest BCUT2D eigenvalue weighted by Gasteiger charge is 2.35. The van der Waals surface area contributed by atoms with Crippen molar-refractivity contribution < 1.29 is 38.6 Å². The molecule has 1 unspecified atom stereocenters. The van der Waals surface area contributed by atoms with E-state index in [2.05, 4.69) is 10.1 Å². The van der Waals surface area contributed by atoms with E-state index in [-0.39, 0.29) is 11.6 Å². The summed E-state index contributed by atoms with van der Waals surface area (Å²) in [5, 5.41) is 31.9. The van der Waals surface area contributed by atoms with Gasteiger partial charge in [0, 0.05) is 18.7 Å². The molecule has 12 nitrogen and oxygen atoms in total. The molecule has 1 aliphatic rings. The van der Waals surface area contributed by atoms with Crippen molar-refractivity contribution >= 4 is 40.2 Å². The van der Waals surface area contributed by atoms with Crippen LogP contribution in [0.25, 0.3) is 10.9 Å². The minimum absolute atomic E-state index is 0.276. The first kappa shape index (κ1) is 22.7. The first-order chi connectivity index (χ1) is 15.1. The van der Waals surface area contributed by atoms with Gasteiger partial charge in [-0.2, -0.15) is 0 Å². The number of aromatic nitrogens is 1. The van der Waals surface area contributed by atoms with Crippen LogP contribution in [-0.2, 0) is 14.3 Å². The molecule has 0 aliphatic heterocycles. The van der Waals surface area contributed by atoms with E-state index in [0.29, 0.717) is 18.9 Å². The summed E-state index contributed by atoms with van der Waals surface area (Å²) in [7, 11) is 1.05. The molecule has 2 aromatic rings. The van der Waals surface area contributed by atoms with Crippen LogP contribution in [0.5, 0.6) is 0 Å². The zero-order valence-electron chi connectivity index (χ0n) is 16.7. The Bertz CT molecular complexity index is 1200. The van der Waals surface area contributed by atoms with Crippen LogP contribution in [0.1, 0.15) is 42.1 Å². The van der Waals surface area contributed by atoms with Gasteiger partial charge < -0.3 is 24.8 Å². The number of halogens is 1. The second-order valence-electron chi connectivity index (χ2n) is 7.20. The Hall–Kier alpha value is -4.03. The zero-order chi connectivity index (χ0) is 23.7. The molecule has 1 saturated carbocycles. The van der Waals surface area contributed by atoms with Gasteiger partial charge in [0.1, 0.15) is 17.1 Å². The van der Waals surface area contributed by atoms with Gasteiger partial charge in [-0.05, 0) is 25.3 Å². The lowest BCUT2D eigenvalue weighted by Crippen LogP contribution is -2.31. The fourth-order valence-electron chi connectivity index (χ4n) is 3.38. The molecular formula is C19H18FN3O9. The van der Waals surface area contributed by atoms with Crippen LogP contribution in [0.2, 0.25) is 0 Å². The van der Waals surface area contributed by atoms with Crippen LogP contribution in [0.4, 0.5) is 15.8 Å². The maximum Gasteiger partial charge on any atom is 0.343 e. The van der Waals surface area contributed by atoms with Crippen LogP contribution >= 0.6 is 0 Å². The molecule has 170 valence electrons. The van der Waals surface area contributed by atoms with Gasteiger partial charge >= 0.3 is 23.6 Å². The highest BCUT2D eigenvalue weighted by Crippen LogP contribution is 2.42. The van der Waals surface area contributed by atoms with Crippen molar-refractivity contribution in [2.75, 3.05) is 12.4 Å². The number of anilines is 1. The first-order valence-corrected chi connectivity index (χ1v) is 9.42. The number of carbonyl (C=O) groups excluding carboxylic acids is 1. The molecule has 0 spiro atoms. The topological polar surface area (TPSA) is 178 Å². The minimum atomic E-state index is -1.65. The molecule has 1 aromatic heterocycles. The second-order valence-corrected chi connectivity index (χ2v) is 7.20. The lowest BCUT2D eigenvalue weighted by atomic mass is 10.1. The number of hydrogen-bond donors (Lipinski definition) is 3. The smallest absolute Gasteiger partial charge is 0.343 e. The molecule has 1 atom stereocenters. The number of hydrogen-bond acceptors (Lipinski definition) is 8. The van der Waals surface area contributed by atoms with E-state index in [0.717, 1.165) is 13.3 Å². The number of methoxy groups -OCH3 is 1. The average molecular weight is 451 g/mol. The number of fused-ring (bicyclic) bond motifs is 1. The Morgan fingerprint density at radius 2 is 2.03 bits per heavy atom. The number of esters is 1. The largest absolute Gasteiger partial charge is 0.481 e. The second kappa shape index (κ2) is 8.61. The van der Waals surface area contributed by atoms with Crippen molar-refractivity contribution in [3.63, 3.8) is 0 Å². The summed E-state index contributed by atoms with van der Waals surface area (Å²) >= 11 is 0. The number of aliphatic carboxylic acids is 2. The molecule has 1 fully saturated rings. The molecule has 32 heavy (non-hydrogen) atoms. The van der Waals surface area contributed by atoms with E-state index in [1.807, 2.05) is 0 Å². The summed E-state index contributed by atoms with van der Waals surface area (Å²) in [5.74, 6) is -5.13. The van der Waals surface area contributed by atoms with Gasteiger partial charge in [-0.3, -0.25) is 19.7 Å². The summed E-state index contributed by atoms with van der Waals surface area (Å²) in [5.41, 5.74) is -3.35. The number of carboxylic acids is 2. The Morgan fingerprint density at radius 1 is 1.38 bits per heavy atom. The van der Waals surface area contributed by atoms with Crippen LogP contribution < -0.4 is 10.7 Å². The number of nitro groups is 1. The van der Waals surface area contributed by atoms with Gasteiger partial charge in [-0.25, -0.2) is 14.0 Å². The third kappa shape index (κ3) is 4.22. The van der Waals surface area contributed by atoms with Crippen molar-refractivity contribution in [1.29, 1.82) is 0 Å².